The number of ketones is 1. The predicted octanol–water partition coefficient (Wildman–Crippen LogP) is 5.94. The number of hydrogen-bond acceptors (Lipinski definition) is 6. The molecular formula is C31H26FNO6. The molecule has 1 aromatic heterocycles. The van der Waals surface area contributed by atoms with Gasteiger partial charge in [0.1, 0.15) is 23.9 Å². The first-order valence-corrected chi connectivity index (χ1v) is 12.3. The lowest BCUT2D eigenvalue weighted by molar-refractivity contribution is -0.140. The first kappa shape index (κ1) is 25.8. The Morgan fingerprint density at radius 3 is 2.49 bits per heavy atom. The molecule has 0 saturated carbocycles. The van der Waals surface area contributed by atoms with Gasteiger partial charge in [-0.05, 0) is 53.9 Å². The van der Waals surface area contributed by atoms with Gasteiger partial charge in [0.2, 0.25) is 0 Å². The van der Waals surface area contributed by atoms with Crippen molar-refractivity contribution >= 4 is 17.4 Å². The number of methoxy groups -OCH3 is 1. The average Bonchev–Trinajstić information content (AvgIpc) is 3.56. The largest absolute Gasteiger partial charge is 0.507 e. The van der Waals surface area contributed by atoms with Crippen molar-refractivity contribution in [1.82, 2.24) is 4.90 Å². The smallest absolute Gasteiger partial charge is 0.296 e. The van der Waals surface area contributed by atoms with Gasteiger partial charge in [0.05, 0.1) is 31.5 Å². The lowest BCUT2D eigenvalue weighted by Gasteiger charge is -2.25. The number of ether oxygens (including phenoxy) is 2. The fourth-order valence-corrected chi connectivity index (χ4v) is 4.56. The molecule has 8 heteroatoms. The second kappa shape index (κ2) is 10.9. The molecule has 0 bridgehead atoms. The van der Waals surface area contributed by atoms with Gasteiger partial charge in [-0.3, -0.25) is 9.59 Å². The molecule has 1 aliphatic heterocycles. The van der Waals surface area contributed by atoms with Crippen molar-refractivity contribution in [3.8, 4) is 11.5 Å². The molecule has 5 rings (SSSR count). The van der Waals surface area contributed by atoms with Gasteiger partial charge in [-0.15, -0.1) is 0 Å². The molecule has 1 amide bonds. The normalized spacial score (nSPS) is 16.5. The van der Waals surface area contributed by atoms with Crippen molar-refractivity contribution in [3.05, 3.63) is 125 Å². The van der Waals surface area contributed by atoms with Crippen LogP contribution >= 0.6 is 0 Å². The number of hydrogen-bond donors (Lipinski definition) is 1. The molecule has 1 saturated heterocycles. The Balaban J connectivity index is 1.58. The Kier molecular flexibility index (Phi) is 7.19. The van der Waals surface area contributed by atoms with Crippen LogP contribution in [-0.2, 0) is 22.7 Å². The molecule has 3 aromatic carbocycles. The first-order valence-electron chi connectivity index (χ1n) is 12.3. The maximum atomic E-state index is 14.3. The van der Waals surface area contributed by atoms with Gasteiger partial charge in [-0.1, -0.05) is 48.5 Å². The third-order valence-electron chi connectivity index (χ3n) is 6.63. The van der Waals surface area contributed by atoms with Gasteiger partial charge in [0, 0.05) is 5.56 Å². The monoisotopic (exact) mass is 527 g/mol. The molecule has 7 nitrogen and oxygen atoms in total. The number of aliphatic hydroxyl groups excluding tert-OH is 1. The zero-order valence-electron chi connectivity index (χ0n) is 21.4. The van der Waals surface area contributed by atoms with Crippen molar-refractivity contribution < 1.29 is 33.0 Å². The lowest BCUT2D eigenvalue weighted by atomic mass is 9.94. The lowest BCUT2D eigenvalue weighted by Crippen LogP contribution is -2.29. The standard InChI is InChI=1S/C31H26FNO6/c1-19-10-11-22(15-24(19)32)29(34)27-28(33(31(36)30(27)35)17-23-9-6-14-38-23)21-12-13-25(26(16-21)37-2)39-18-20-7-4-3-5-8-20/h3-16,28,34H,17-18H2,1-2H3. The number of benzene rings is 3. The van der Waals surface area contributed by atoms with Crippen LogP contribution in [-0.4, -0.2) is 28.8 Å². The Bertz CT molecular complexity index is 1540. The van der Waals surface area contributed by atoms with Crippen molar-refractivity contribution in [2.45, 2.75) is 26.1 Å². The number of aryl methyl sites for hydroxylation is 1. The van der Waals surface area contributed by atoms with Crippen LogP contribution in [0.4, 0.5) is 4.39 Å². The maximum Gasteiger partial charge on any atom is 0.296 e. The summed E-state index contributed by atoms with van der Waals surface area (Å²) in [6.45, 7) is 1.89. The van der Waals surface area contributed by atoms with Gasteiger partial charge in [-0.2, -0.15) is 0 Å². The summed E-state index contributed by atoms with van der Waals surface area (Å²) in [6, 6.07) is 21.2. The van der Waals surface area contributed by atoms with Crippen molar-refractivity contribution in [2.24, 2.45) is 0 Å². The van der Waals surface area contributed by atoms with E-state index in [0.29, 0.717) is 35.0 Å². The molecule has 39 heavy (non-hydrogen) atoms. The van der Waals surface area contributed by atoms with Crippen LogP contribution in [0.5, 0.6) is 11.5 Å². The summed E-state index contributed by atoms with van der Waals surface area (Å²) in [7, 11) is 1.49. The van der Waals surface area contributed by atoms with E-state index in [4.69, 9.17) is 13.9 Å². The van der Waals surface area contributed by atoms with Gasteiger partial charge in [-0.25, -0.2) is 4.39 Å². The number of furan rings is 1. The Labute approximate surface area is 224 Å². The molecule has 0 spiro atoms. The Morgan fingerprint density at radius 2 is 1.79 bits per heavy atom. The molecule has 198 valence electrons. The van der Waals surface area contributed by atoms with Crippen LogP contribution in [0.25, 0.3) is 5.76 Å². The van der Waals surface area contributed by atoms with Crippen molar-refractivity contribution in [3.63, 3.8) is 0 Å². The molecule has 1 atom stereocenters. The van der Waals surface area contributed by atoms with E-state index in [1.807, 2.05) is 30.3 Å². The number of nitrogens with zero attached hydrogens (tertiary/aromatic N) is 1. The van der Waals surface area contributed by atoms with E-state index < -0.39 is 29.3 Å². The van der Waals surface area contributed by atoms with Gasteiger partial charge in [0.25, 0.3) is 11.7 Å². The molecule has 1 aliphatic rings. The number of aliphatic hydroxyl groups is 1. The molecular weight excluding hydrogens is 501 g/mol. The van der Waals surface area contributed by atoms with E-state index in [1.165, 1.54) is 30.4 Å². The molecule has 1 N–H and O–H groups in total. The van der Waals surface area contributed by atoms with E-state index in [-0.39, 0.29) is 17.7 Å². The highest BCUT2D eigenvalue weighted by atomic mass is 19.1. The fraction of sp³-hybridized carbons (Fsp3) is 0.161. The zero-order chi connectivity index (χ0) is 27.5. The quantitative estimate of drug-likeness (QED) is 0.173. The summed E-state index contributed by atoms with van der Waals surface area (Å²) in [4.78, 5) is 27.8. The Hall–Kier alpha value is -4.85. The van der Waals surface area contributed by atoms with Crippen LogP contribution in [0.1, 0.15) is 34.1 Å². The Morgan fingerprint density at radius 1 is 1.00 bits per heavy atom. The van der Waals surface area contributed by atoms with E-state index in [2.05, 4.69) is 0 Å². The number of likely N-dealkylation sites (tertiary alicyclic amines) is 1. The summed E-state index contributed by atoms with van der Waals surface area (Å²) in [6.07, 6.45) is 1.47. The topological polar surface area (TPSA) is 89.2 Å². The number of carbonyl (C=O) groups excluding carboxylic acids is 2. The zero-order valence-corrected chi connectivity index (χ0v) is 21.4. The minimum atomic E-state index is -0.989. The van der Waals surface area contributed by atoms with E-state index in [9.17, 15) is 19.1 Å². The number of rotatable bonds is 8. The van der Waals surface area contributed by atoms with Crippen LogP contribution in [0.3, 0.4) is 0 Å². The predicted molar refractivity (Wildman–Crippen MR) is 141 cm³/mol. The number of amides is 1. The van der Waals surface area contributed by atoms with E-state index in [1.54, 1.807) is 37.3 Å². The van der Waals surface area contributed by atoms with E-state index in [0.717, 1.165) is 11.6 Å². The number of halogens is 1. The second-order valence-electron chi connectivity index (χ2n) is 9.15. The summed E-state index contributed by atoms with van der Waals surface area (Å²) in [5.74, 6) is -1.40. The van der Waals surface area contributed by atoms with Gasteiger partial charge < -0.3 is 23.9 Å². The number of carbonyl (C=O) groups is 2. The van der Waals surface area contributed by atoms with Crippen molar-refractivity contribution in [1.29, 1.82) is 0 Å². The van der Waals surface area contributed by atoms with Gasteiger partial charge in [0.15, 0.2) is 11.5 Å². The third-order valence-corrected chi connectivity index (χ3v) is 6.63. The summed E-state index contributed by atoms with van der Waals surface area (Å²) in [5, 5.41) is 11.2. The highest BCUT2D eigenvalue weighted by Gasteiger charge is 2.46. The molecule has 0 radical (unpaired) electrons. The SMILES string of the molecule is COc1cc(C2C(=C(O)c3ccc(C)c(F)c3)C(=O)C(=O)N2Cc2ccco2)ccc1OCc1ccccc1. The number of Topliss-reactive ketones (excluding diaryl/α,β-unsaturated/α-hetero) is 1. The van der Waals surface area contributed by atoms with E-state index >= 15 is 0 Å². The second-order valence-corrected chi connectivity index (χ2v) is 9.15. The minimum absolute atomic E-state index is 0.0180. The fourth-order valence-electron chi connectivity index (χ4n) is 4.56. The summed E-state index contributed by atoms with van der Waals surface area (Å²) in [5.41, 5.74) is 1.79. The first-order chi connectivity index (χ1) is 18.9. The van der Waals surface area contributed by atoms with Crippen molar-refractivity contribution in [2.75, 3.05) is 7.11 Å². The average molecular weight is 528 g/mol. The summed E-state index contributed by atoms with van der Waals surface area (Å²) < 4.78 is 31.3. The minimum Gasteiger partial charge on any atom is -0.507 e. The van der Waals surface area contributed by atoms with Gasteiger partial charge >= 0.3 is 0 Å². The van der Waals surface area contributed by atoms with Crippen LogP contribution in [0.2, 0.25) is 0 Å². The molecule has 4 aromatic rings. The highest BCUT2D eigenvalue weighted by Crippen LogP contribution is 2.43. The third kappa shape index (κ3) is 5.13. The molecule has 1 fully saturated rings. The van der Waals surface area contributed by atoms with Crippen LogP contribution in [0.15, 0.2) is 95.1 Å². The molecule has 0 aliphatic carbocycles. The van der Waals surface area contributed by atoms with Crippen LogP contribution < -0.4 is 9.47 Å². The maximum absolute atomic E-state index is 14.3. The summed E-state index contributed by atoms with van der Waals surface area (Å²) >= 11 is 0. The highest BCUT2D eigenvalue weighted by molar-refractivity contribution is 6.46. The molecule has 2 heterocycles. The van der Waals surface area contributed by atoms with Crippen LogP contribution in [0, 0.1) is 12.7 Å². The molecule has 1 unspecified atom stereocenters.